The summed E-state index contributed by atoms with van der Waals surface area (Å²) in [5, 5.41) is 7.04. The molecule has 0 aliphatic rings. The molecule has 0 N–H and O–H groups in total. The zero-order chi connectivity index (χ0) is 9.97. The number of anilines is 1. The van der Waals surface area contributed by atoms with Gasteiger partial charge in [-0.15, -0.1) is 16.4 Å². The minimum Gasteiger partial charge on any atom is -0.346 e. The molecule has 0 spiro atoms. The van der Waals surface area contributed by atoms with Crippen molar-refractivity contribution < 1.29 is 0 Å². The standard InChI is InChI=1S/C7H7ClN4S2/c1-12(3-5-2-9-11-14-5)7-10-6(8)4-13-7/h2,4H,3H2,1H3. The Bertz CT molecular complexity index is 399. The molecule has 0 fully saturated rings. The fourth-order valence-electron chi connectivity index (χ4n) is 0.979. The summed E-state index contributed by atoms with van der Waals surface area (Å²) in [7, 11) is 1.97. The molecule has 7 heteroatoms. The van der Waals surface area contributed by atoms with Crippen molar-refractivity contribution in [1.29, 1.82) is 0 Å². The average molecular weight is 247 g/mol. The van der Waals surface area contributed by atoms with Gasteiger partial charge in [-0.05, 0) is 11.5 Å². The Labute approximate surface area is 94.3 Å². The third kappa shape index (κ3) is 2.20. The second-order valence-corrected chi connectivity index (χ2v) is 4.79. The molecule has 0 atom stereocenters. The first kappa shape index (κ1) is 9.82. The molecule has 4 nitrogen and oxygen atoms in total. The number of rotatable bonds is 3. The first-order valence-electron chi connectivity index (χ1n) is 3.84. The number of aromatic nitrogens is 3. The molecule has 14 heavy (non-hydrogen) atoms. The smallest absolute Gasteiger partial charge is 0.186 e. The molecule has 0 amide bonds. The molecule has 2 aromatic rings. The highest BCUT2D eigenvalue weighted by Crippen LogP contribution is 2.23. The fourth-order valence-corrected chi connectivity index (χ4v) is 2.44. The van der Waals surface area contributed by atoms with Crippen LogP contribution < -0.4 is 4.90 Å². The van der Waals surface area contributed by atoms with Crippen molar-refractivity contribution in [2.45, 2.75) is 6.54 Å². The van der Waals surface area contributed by atoms with Gasteiger partial charge in [0.15, 0.2) is 5.13 Å². The summed E-state index contributed by atoms with van der Waals surface area (Å²) in [6, 6.07) is 0. The van der Waals surface area contributed by atoms with Gasteiger partial charge < -0.3 is 4.90 Å². The largest absolute Gasteiger partial charge is 0.346 e. The first-order chi connectivity index (χ1) is 6.75. The van der Waals surface area contributed by atoms with Gasteiger partial charge in [-0.3, -0.25) is 0 Å². The average Bonchev–Trinajstić information content (AvgIpc) is 2.75. The van der Waals surface area contributed by atoms with Gasteiger partial charge in [-0.1, -0.05) is 16.1 Å². The summed E-state index contributed by atoms with van der Waals surface area (Å²) < 4.78 is 3.80. The predicted octanol–water partition coefficient (Wildman–Crippen LogP) is 2.28. The van der Waals surface area contributed by atoms with E-state index in [9.17, 15) is 0 Å². The molecule has 2 aromatic heterocycles. The van der Waals surface area contributed by atoms with Crippen LogP contribution in [0.15, 0.2) is 11.6 Å². The van der Waals surface area contributed by atoms with Gasteiger partial charge >= 0.3 is 0 Å². The van der Waals surface area contributed by atoms with Crippen molar-refractivity contribution in [3.63, 3.8) is 0 Å². The molecule has 0 aromatic carbocycles. The van der Waals surface area contributed by atoms with E-state index in [1.807, 2.05) is 17.3 Å². The maximum Gasteiger partial charge on any atom is 0.186 e. The molecular formula is C7H7ClN4S2. The molecule has 0 aliphatic heterocycles. The van der Waals surface area contributed by atoms with Crippen molar-refractivity contribution >= 4 is 39.6 Å². The van der Waals surface area contributed by atoms with Crippen LogP contribution in [-0.4, -0.2) is 21.6 Å². The number of nitrogens with zero attached hydrogens (tertiary/aromatic N) is 4. The van der Waals surface area contributed by atoms with Crippen molar-refractivity contribution in [3.8, 4) is 0 Å². The van der Waals surface area contributed by atoms with Crippen LogP contribution in [-0.2, 0) is 6.54 Å². The number of hydrogen-bond acceptors (Lipinski definition) is 6. The van der Waals surface area contributed by atoms with Crippen molar-refractivity contribution in [1.82, 2.24) is 14.6 Å². The van der Waals surface area contributed by atoms with E-state index in [0.717, 1.165) is 16.6 Å². The molecule has 74 valence electrons. The molecule has 0 bridgehead atoms. The highest BCUT2D eigenvalue weighted by molar-refractivity contribution is 7.14. The lowest BCUT2D eigenvalue weighted by atomic mass is 10.5. The predicted molar refractivity (Wildman–Crippen MR) is 59.1 cm³/mol. The second kappa shape index (κ2) is 4.20. The van der Waals surface area contributed by atoms with Crippen LogP contribution in [0.5, 0.6) is 0 Å². The quantitative estimate of drug-likeness (QED) is 0.833. The van der Waals surface area contributed by atoms with Crippen LogP contribution in [0.3, 0.4) is 0 Å². The third-order valence-electron chi connectivity index (χ3n) is 1.59. The van der Waals surface area contributed by atoms with Crippen LogP contribution in [0.2, 0.25) is 5.15 Å². The number of hydrogen-bond donors (Lipinski definition) is 0. The Balaban J connectivity index is 2.06. The summed E-state index contributed by atoms with van der Waals surface area (Å²) in [5.41, 5.74) is 0. The lowest BCUT2D eigenvalue weighted by Gasteiger charge is -2.12. The van der Waals surface area contributed by atoms with Gasteiger partial charge in [0.1, 0.15) is 5.15 Å². The van der Waals surface area contributed by atoms with Gasteiger partial charge in [0.05, 0.1) is 17.6 Å². The molecule has 0 unspecified atom stereocenters. The van der Waals surface area contributed by atoms with E-state index in [2.05, 4.69) is 14.6 Å². The van der Waals surface area contributed by atoms with Crippen LogP contribution in [0.4, 0.5) is 5.13 Å². The highest BCUT2D eigenvalue weighted by atomic mass is 35.5. The van der Waals surface area contributed by atoms with Crippen LogP contribution in [0.1, 0.15) is 4.88 Å². The van der Waals surface area contributed by atoms with Gasteiger partial charge in [-0.2, -0.15) is 0 Å². The molecular weight excluding hydrogens is 240 g/mol. The van der Waals surface area contributed by atoms with Gasteiger partial charge in [-0.25, -0.2) is 4.98 Å². The van der Waals surface area contributed by atoms with E-state index < -0.39 is 0 Å². The lowest BCUT2D eigenvalue weighted by Crippen LogP contribution is -2.15. The summed E-state index contributed by atoms with van der Waals surface area (Å²) in [6.07, 6.45) is 1.76. The van der Waals surface area contributed by atoms with E-state index >= 15 is 0 Å². The zero-order valence-electron chi connectivity index (χ0n) is 7.35. The summed E-state index contributed by atoms with van der Waals surface area (Å²) in [6.45, 7) is 0.765. The maximum atomic E-state index is 5.74. The fraction of sp³-hybridized carbons (Fsp3) is 0.286. The zero-order valence-corrected chi connectivity index (χ0v) is 9.73. The third-order valence-corrected chi connectivity index (χ3v) is 3.51. The molecule has 2 rings (SSSR count). The molecule has 0 aliphatic carbocycles. The van der Waals surface area contributed by atoms with Crippen molar-refractivity contribution in [3.05, 3.63) is 21.6 Å². The Morgan fingerprint density at radius 2 is 2.43 bits per heavy atom. The van der Waals surface area contributed by atoms with Gasteiger partial charge in [0.25, 0.3) is 0 Å². The Kier molecular flexibility index (Phi) is 2.95. The number of thiazole rings is 1. The van der Waals surface area contributed by atoms with Crippen molar-refractivity contribution in [2.75, 3.05) is 11.9 Å². The summed E-state index contributed by atoms with van der Waals surface area (Å²) >= 11 is 8.66. The SMILES string of the molecule is CN(Cc1cnns1)c1nc(Cl)cs1. The minimum absolute atomic E-state index is 0.541. The Morgan fingerprint density at radius 1 is 1.57 bits per heavy atom. The molecule has 0 saturated carbocycles. The Morgan fingerprint density at radius 3 is 3.00 bits per heavy atom. The highest BCUT2D eigenvalue weighted by Gasteiger charge is 2.07. The molecule has 0 saturated heterocycles. The van der Waals surface area contributed by atoms with E-state index in [4.69, 9.17) is 11.6 Å². The van der Waals surface area contributed by atoms with E-state index in [0.29, 0.717) is 5.15 Å². The van der Waals surface area contributed by atoms with E-state index in [-0.39, 0.29) is 0 Å². The second-order valence-electron chi connectivity index (χ2n) is 2.69. The van der Waals surface area contributed by atoms with Crippen molar-refractivity contribution in [2.24, 2.45) is 0 Å². The Hall–Kier alpha value is -0.720. The minimum atomic E-state index is 0.541. The summed E-state index contributed by atoms with van der Waals surface area (Å²) in [5.74, 6) is 0. The van der Waals surface area contributed by atoms with Crippen LogP contribution in [0, 0.1) is 0 Å². The number of halogens is 1. The van der Waals surface area contributed by atoms with E-state index in [1.165, 1.54) is 22.9 Å². The summed E-state index contributed by atoms with van der Waals surface area (Å²) in [4.78, 5) is 7.29. The maximum absolute atomic E-state index is 5.74. The topological polar surface area (TPSA) is 41.9 Å². The monoisotopic (exact) mass is 246 g/mol. The molecule has 2 heterocycles. The van der Waals surface area contributed by atoms with Crippen LogP contribution >= 0.6 is 34.5 Å². The molecule has 0 radical (unpaired) electrons. The lowest BCUT2D eigenvalue weighted by molar-refractivity contribution is 0.926. The van der Waals surface area contributed by atoms with E-state index in [1.54, 1.807) is 6.20 Å². The first-order valence-corrected chi connectivity index (χ1v) is 5.87. The van der Waals surface area contributed by atoms with Gasteiger partial charge in [0, 0.05) is 12.4 Å². The normalized spacial score (nSPS) is 10.4. The van der Waals surface area contributed by atoms with Gasteiger partial charge in [0.2, 0.25) is 0 Å². The van der Waals surface area contributed by atoms with Crippen LogP contribution in [0.25, 0.3) is 0 Å².